The smallest absolute Gasteiger partial charge is 0.0978 e. The molecule has 80 valence electrons. The van der Waals surface area contributed by atoms with Crippen molar-refractivity contribution in [3.63, 3.8) is 0 Å². The fraction of sp³-hybridized carbons (Fsp3) is 0.909. The molecule has 0 aromatic carbocycles. The highest BCUT2D eigenvalue weighted by Gasteiger charge is 2.27. The van der Waals surface area contributed by atoms with Crippen molar-refractivity contribution in [3.8, 4) is 6.07 Å². The molecule has 0 aromatic rings. The highest BCUT2D eigenvalue weighted by molar-refractivity contribution is 4.94. The summed E-state index contributed by atoms with van der Waals surface area (Å²) >= 11 is 0. The van der Waals surface area contributed by atoms with Crippen LogP contribution in [0.1, 0.15) is 39.0 Å². The van der Waals surface area contributed by atoms with Crippen LogP contribution in [-0.2, 0) is 0 Å². The number of nitrogens with zero attached hydrogens (tertiary/aromatic N) is 2. The first-order valence-corrected chi connectivity index (χ1v) is 5.59. The van der Waals surface area contributed by atoms with Gasteiger partial charge in [0.05, 0.1) is 18.7 Å². The molecule has 0 spiro atoms. The molecule has 1 saturated carbocycles. The van der Waals surface area contributed by atoms with E-state index in [1.54, 1.807) is 0 Å². The summed E-state index contributed by atoms with van der Waals surface area (Å²) in [5, 5.41) is 18.0. The van der Waals surface area contributed by atoms with Crippen LogP contribution in [-0.4, -0.2) is 35.2 Å². The molecule has 0 aromatic heterocycles. The number of aliphatic hydroxyl groups excluding tert-OH is 1. The molecule has 1 atom stereocenters. The van der Waals surface area contributed by atoms with E-state index in [9.17, 15) is 0 Å². The van der Waals surface area contributed by atoms with Gasteiger partial charge in [-0.2, -0.15) is 5.26 Å². The van der Waals surface area contributed by atoms with Crippen molar-refractivity contribution >= 4 is 0 Å². The van der Waals surface area contributed by atoms with Crippen LogP contribution in [0.2, 0.25) is 0 Å². The largest absolute Gasteiger partial charge is 0.395 e. The first-order valence-electron chi connectivity index (χ1n) is 5.59. The topological polar surface area (TPSA) is 47.3 Å². The minimum Gasteiger partial charge on any atom is -0.395 e. The van der Waals surface area contributed by atoms with Crippen LogP contribution in [0.3, 0.4) is 0 Å². The molecule has 1 unspecified atom stereocenters. The van der Waals surface area contributed by atoms with E-state index >= 15 is 0 Å². The molecular weight excluding hydrogens is 176 g/mol. The zero-order valence-corrected chi connectivity index (χ0v) is 8.95. The summed E-state index contributed by atoms with van der Waals surface area (Å²) in [4.78, 5) is 2.19. The predicted octanol–water partition coefficient (Wildman–Crippen LogP) is 1.53. The quantitative estimate of drug-likeness (QED) is 0.725. The van der Waals surface area contributed by atoms with E-state index in [0.29, 0.717) is 12.6 Å². The van der Waals surface area contributed by atoms with Crippen molar-refractivity contribution < 1.29 is 5.11 Å². The van der Waals surface area contributed by atoms with Crippen LogP contribution < -0.4 is 0 Å². The Morgan fingerprint density at radius 1 is 1.50 bits per heavy atom. The Bertz CT molecular complexity index is 194. The van der Waals surface area contributed by atoms with Gasteiger partial charge < -0.3 is 5.11 Å². The summed E-state index contributed by atoms with van der Waals surface area (Å²) in [7, 11) is 0. The average Bonchev–Trinajstić information content (AvgIpc) is 2.71. The molecule has 1 N–H and O–H groups in total. The maximum atomic E-state index is 9.01. The molecule has 0 saturated heterocycles. The maximum absolute atomic E-state index is 9.01. The Morgan fingerprint density at radius 2 is 2.14 bits per heavy atom. The van der Waals surface area contributed by atoms with Crippen molar-refractivity contribution in [3.05, 3.63) is 0 Å². The SMILES string of the molecule is CCC(C#N)N(CCO)C1CCCC1. The fourth-order valence-electron chi connectivity index (χ4n) is 2.34. The lowest BCUT2D eigenvalue weighted by molar-refractivity contribution is 0.125. The molecule has 1 rings (SSSR count). The van der Waals surface area contributed by atoms with Gasteiger partial charge in [-0.3, -0.25) is 4.90 Å². The molecule has 0 heterocycles. The van der Waals surface area contributed by atoms with Crippen LogP contribution in [0.15, 0.2) is 0 Å². The van der Waals surface area contributed by atoms with Crippen molar-refractivity contribution in [2.75, 3.05) is 13.2 Å². The molecule has 3 nitrogen and oxygen atoms in total. The molecule has 14 heavy (non-hydrogen) atoms. The second-order valence-electron chi connectivity index (χ2n) is 3.95. The molecule has 3 heteroatoms. The van der Waals surface area contributed by atoms with E-state index in [4.69, 9.17) is 10.4 Å². The first-order chi connectivity index (χ1) is 6.83. The van der Waals surface area contributed by atoms with Crippen LogP contribution in [0.25, 0.3) is 0 Å². The van der Waals surface area contributed by atoms with Crippen molar-refractivity contribution in [2.24, 2.45) is 0 Å². The Kier molecular flexibility index (Phi) is 4.92. The van der Waals surface area contributed by atoms with Crippen molar-refractivity contribution in [1.82, 2.24) is 4.90 Å². The lowest BCUT2D eigenvalue weighted by atomic mass is 10.1. The van der Waals surface area contributed by atoms with Gasteiger partial charge in [-0.25, -0.2) is 0 Å². The van der Waals surface area contributed by atoms with Gasteiger partial charge in [0.15, 0.2) is 0 Å². The summed E-state index contributed by atoms with van der Waals surface area (Å²) in [5.74, 6) is 0. The van der Waals surface area contributed by atoms with Crippen LogP contribution in [0, 0.1) is 11.3 Å². The van der Waals surface area contributed by atoms with Gasteiger partial charge in [0, 0.05) is 12.6 Å². The second kappa shape index (κ2) is 6.00. The first kappa shape index (κ1) is 11.5. The summed E-state index contributed by atoms with van der Waals surface area (Å²) in [5.41, 5.74) is 0. The minimum absolute atomic E-state index is 0.00903. The Balaban J connectivity index is 2.57. The van der Waals surface area contributed by atoms with Crippen LogP contribution >= 0.6 is 0 Å². The van der Waals surface area contributed by atoms with Gasteiger partial charge in [0.25, 0.3) is 0 Å². The molecule has 0 aliphatic heterocycles. The van der Waals surface area contributed by atoms with Crippen molar-refractivity contribution in [2.45, 2.75) is 51.1 Å². The fourth-order valence-corrected chi connectivity index (χ4v) is 2.34. The van der Waals surface area contributed by atoms with Crippen LogP contribution in [0.4, 0.5) is 0 Å². The number of nitriles is 1. The highest BCUT2D eigenvalue weighted by atomic mass is 16.3. The maximum Gasteiger partial charge on any atom is 0.0978 e. The Labute approximate surface area is 86.3 Å². The number of hydrogen-bond acceptors (Lipinski definition) is 3. The number of rotatable bonds is 5. The Morgan fingerprint density at radius 3 is 2.57 bits per heavy atom. The second-order valence-corrected chi connectivity index (χ2v) is 3.95. The molecule has 1 aliphatic rings. The van der Waals surface area contributed by atoms with Gasteiger partial charge in [0.1, 0.15) is 0 Å². The summed E-state index contributed by atoms with van der Waals surface area (Å²) < 4.78 is 0. The van der Waals surface area contributed by atoms with Gasteiger partial charge in [-0.05, 0) is 19.3 Å². The summed E-state index contributed by atoms with van der Waals surface area (Å²) in [6, 6.07) is 2.85. The standard InChI is InChI=1S/C11H20N2O/c1-2-10(9-12)13(7-8-14)11-5-3-4-6-11/h10-11,14H,2-8H2,1H3. The third kappa shape index (κ3) is 2.70. The normalized spacial score (nSPS) is 19.9. The summed E-state index contributed by atoms with van der Waals surface area (Å²) in [6.07, 6.45) is 5.78. The monoisotopic (exact) mass is 196 g/mol. The van der Waals surface area contributed by atoms with Gasteiger partial charge in [-0.15, -0.1) is 0 Å². The summed E-state index contributed by atoms with van der Waals surface area (Å²) in [6.45, 7) is 2.85. The third-order valence-electron chi connectivity index (χ3n) is 3.09. The minimum atomic E-state index is -0.00903. The zero-order chi connectivity index (χ0) is 10.4. The van der Waals surface area contributed by atoms with Gasteiger partial charge in [-0.1, -0.05) is 19.8 Å². The Hall–Kier alpha value is -0.590. The molecule has 1 fully saturated rings. The van der Waals surface area contributed by atoms with E-state index in [-0.39, 0.29) is 12.6 Å². The van der Waals surface area contributed by atoms with E-state index in [1.165, 1.54) is 25.7 Å². The van der Waals surface area contributed by atoms with Crippen molar-refractivity contribution in [1.29, 1.82) is 5.26 Å². The average molecular weight is 196 g/mol. The third-order valence-corrected chi connectivity index (χ3v) is 3.09. The molecule has 1 aliphatic carbocycles. The number of aliphatic hydroxyl groups is 1. The lowest BCUT2D eigenvalue weighted by Gasteiger charge is -2.31. The van der Waals surface area contributed by atoms with E-state index in [0.717, 1.165) is 6.42 Å². The molecule has 0 bridgehead atoms. The lowest BCUT2D eigenvalue weighted by Crippen LogP contribution is -2.42. The molecule has 0 radical (unpaired) electrons. The van der Waals surface area contributed by atoms with E-state index in [2.05, 4.69) is 11.0 Å². The van der Waals surface area contributed by atoms with E-state index in [1.807, 2.05) is 6.92 Å². The predicted molar refractivity (Wildman–Crippen MR) is 55.7 cm³/mol. The highest BCUT2D eigenvalue weighted by Crippen LogP contribution is 2.25. The molecular formula is C11H20N2O. The molecule has 0 amide bonds. The zero-order valence-electron chi connectivity index (χ0n) is 8.95. The van der Waals surface area contributed by atoms with Crippen LogP contribution in [0.5, 0.6) is 0 Å². The van der Waals surface area contributed by atoms with E-state index < -0.39 is 0 Å². The van der Waals surface area contributed by atoms with Gasteiger partial charge >= 0.3 is 0 Å². The number of hydrogen-bond donors (Lipinski definition) is 1. The van der Waals surface area contributed by atoms with Gasteiger partial charge in [0.2, 0.25) is 0 Å².